The molecule has 0 fully saturated rings. The molecular formula is C16H23KN3O3S. The first-order valence-corrected chi connectivity index (χ1v) is 9.83. The number of fused-ring (bicyclic) bond motifs is 2. The molecule has 2 amide bonds. The number of nitrogens with one attached hydrogen (secondary N) is 2. The van der Waals surface area contributed by atoms with E-state index in [1.165, 1.54) is 22.3 Å². The SMILES string of the molecule is NCCCS(=O)(=O)NC(=O)Nc1c2c(cc3c1CCC3)CCC2.[K]. The van der Waals surface area contributed by atoms with Gasteiger partial charge in [0.1, 0.15) is 0 Å². The van der Waals surface area contributed by atoms with Crippen LogP contribution in [-0.4, -0.2) is 78.1 Å². The minimum atomic E-state index is -3.63. The van der Waals surface area contributed by atoms with Gasteiger partial charge in [0.15, 0.2) is 0 Å². The van der Waals surface area contributed by atoms with E-state index < -0.39 is 16.1 Å². The summed E-state index contributed by atoms with van der Waals surface area (Å²) in [6.45, 7) is 0.280. The molecule has 0 spiro atoms. The summed E-state index contributed by atoms with van der Waals surface area (Å²) < 4.78 is 25.7. The van der Waals surface area contributed by atoms with Gasteiger partial charge in [0.25, 0.3) is 0 Å². The molecule has 1 radical (unpaired) electrons. The van der Waals surface area contributed by atoms with Gasteiger partial charge in [-0.3, -0.25) is 0 Å². The van der Waals surface area contributed by atoms with E-state index in [9.17, 15) is 13.2 Å². The monoisotopic (exact) mass is 376 g/mol. The fraction of sp³-hybridized carbons (Fsp3) is 0.562. The number of carbonyl (C=O) groups excluding carboxylic acids is 1. The fourth-order valence-corrected chi connectivity index (χ4v) is 4.55. The predicted molar refractivity (Wildman–Crippen MR) is 95.9 cm³/mol. The van der Waals surface area contributed by atoms with Crippen LogP contribution in [0.3, 0.4) is 0 Å². The van der Waals surface area contributed by atoms with E-state index in [1.54, 1.807) is 0 Å². The van der Waals surface area contributed by atoms with E-state index >= 15 is 0 Å². The fourth-order valence-electron chi connectivity index (χ4n) is 3.57. The van der Waals surface area contributed by atoms with Gasteiger partial charge in [0, 0.05) is 57.1 Å². The largest absolute Gasteiger partial charge is 0.332 e. The van der Waals surface area contributed by atoms with Crippen molar-refractivity contribution < 1.29 is 13.2 Å². The summed E-state index contributed by atoms with van der Waals surface area (Å²) in [5.41, 5.74) is 11.1. The number of anilines is 1. The summed E-state index contributed by atoms with van der Waals surface area (Å²) in [6, 6.07) is 1.60. The summed E-state index contributed by atoms with van der Waals surface area (Å²) in [4.78, 5) is 12.2. The Morgan fingerprint density at radius 3 is 2.21 bits per heavy atom. The van der Waals surface area contributed by atoms with Gasteiger partial charge in [-0.05, 0) is 73.7 Å². The second kappa shape index (κ2) is 8.61. The zero-order valence-electron chi connectivity index (χ0n) is 14.2. The molecule has 0 aromatic heterocycles. The molecule has 1 aromatic carbocycles. The summed E-state index contributed by atoms with van der Waals surface area (Å²) in [6.07, 6.45) is 6.46. The number of nitrogens with two attached hydrogens (primary N) is 1. The van der Waals surface area contributed by atoms with Gasteiger partial charge in [-0.1, -0.05) is 6.07 Å². The molecule has 0 unspecified atom stereocenters. The molecule has 4 N–H and O–H groups in total. The Balaban J connectivity index is 0.00000208. The van der Waals surface area contributed by atoms with Crippen LogP contribution in [0.2, 0.25) is 0 Å². The van der Waals surface area contributed by atoms with Crippen LogP contribution in [0, 0.1) is 0 Å². The summed E-state index contributed by atoms with van der Waals surface area (Å²) in [7, 11) is -3.63. The summed E-state index contributed by atoms with van der Waals surface area (Å²) in [5.74, 6) is -0.137. The van der Waals surface area contributed by atoms with Crippen molar-refractivity contribution in [3.8, 4) is 0 Å². The van der Waals surface area contributed by atoms with E-state index in [1.807, 2.05) is 0 Å². The topological polar surface area (TPSA) is 101 Å². The molecule has 1 aromatic rings. The molecule has 0 bridgehead atoms. The van der Waals surface area contributed by atoms with Crippen molar-refractivity contribution in [1.82, 2.24) is 4.72 Å². The third-order valence-electron chi connectivity index (χ3n) is 4.58. The Labute approximate surface area is 185 Å². The van der Waals surface area contributed by atoms with Gasteiger partial charge in [-0.2, -0.15) is 0 Å². The maximum absolute atomic E-state index is 12.2. The maximum Gasteiger partial charge on any atom is 0.332 e. The maximum atomic E-state index is 12.2. The quantitative estimate of drug-likeness (QED) is 0.669. The number of hydrogen-bond acceptors (Lipinski definition) is 4. The van der Waals surface area contributed by atoms with Crippen molar-refractivity contribution in [1.29, 1.82) is 0 Å². The van der Waals surface area contributed by atoms with Gasteiger partial charge in [0.05, 0.1) is 5.75 Å². The first-order valence-electron chi connectivity index (χ1n) is 8.18. The number of amides is 2. The zero-order valence-corrected chi connectivity index (χ0v) is 18.1. The van der Waals surface area contributed by atoms with Crippen molar-refractivity contribution in [2.75, 3.05) is 17.6 Å². The number of rotatable bonds is 5. The Kier molecular flexibility index (Phi) is 7.30. The standard InChI is InChI=1S/C16H23N3O3S.K/c17-8-3-9-23(21,22)19-16(20)18-15-13-6-1-4-11(13)10-12-5-2-7-14(12)15;/h10H,1-9,17H2,(H2,18,19,20);. The molecule has 6 nitrogen and oxygen atoms in total. The number of hydrogen-bond donors (Lipinski definition) is 3. The molecule has 3 rings (SSSR count). The van der Waals surface area contributed by atoms with Crippen LogP contribution in [-0.2, 0) is 35.7 Å². The second-order valence-electron chi connectivity index (χ2n) is 6.25. The number of carbonyl (C=O) groups is 1. The van der Waals surface area contributed by atoms with Crippen LogP contribution >= 0.6 is 0 Å². The van der Waals surface area contributed by atoms with Crippen LogP contribution in [0.25, 0.3) is 0 Å². The van der Waals surface area contributed by atoms with Gasteiger partial charge >= 0.3 is 6.03 Å². The third kappa shape index (κ3) is 4.60. The second-order valence-corrected chi connectivity index (χ2v) is 8.09. The Bertz CT molecular complexity index is 702. The molecule has 0 atom stereocenters. The minimum Gasteiger partial charge on any atom is -0.330 e. The molecular weight excluding hydrogens is 353 g/mol. The van der Waals surface area contributed by atoms with Gasteiger partial charge in [-0.25, -0.2) is 17.9 Å². The van der Waals surface area contributed by atoms with E-state index in [4.69, 9.17) is 5.73 Å². The van der Waals surface area contributed by atoms with Crippen molar-refractivity contribution in [3.63, 3.8) is 0 Å². The van der Waals surface area contributed by atoms with Crippen molar-refractivity contribution in [2.45, 2.75) is 44.9 Å². The molecule has 0 saturated carbocycles. The summed E-state index contributed by atoms with van der Waals surface area (Å²) >= 11 is 0. The van der Waals surface area contributed by atoms with E-state index in [-0.39, 0.29) is 63.7 Å². The van der Waals surface area contributed by atoms with E-state index in [0.29, 0.717) is 6.42 Å². The van der Waals surface area contributed by atoms with Crippen molar-refractivity contribution in [2.24, 2.45) is 5.73 Å². The first kappa shape index (κ1) is 20.3. The average Bonchev–Trinajstić information content (AvgIpc) is 3.12. The minimum absolute atomic E-state index is 0. The van der Waals surface area contributed by atoms with E-state index in [0.717, 1.165) is 44.2 Å². The predicted octanol–water partition coefficient (Wildman–Crippen LogP) is 1.08. The number of benzene rings is 1. The van der Waals surface area contributed by atoms with Crippen LogP contribution in [0.1, 0.15) is 41.5 Å². The average molecular weight is 377 g/mol. The number of aryl methyl sites for hydroxylation is 2. The van der Waals surface area contributed by atoms with Crippen molar-refractivity contribution in [3.05, 3.63) is 28.3 Å². The molecule has 0 saturated heterocycles. The molecule has 8 heteroatoms. The van der Waals surface area contributed by atoms with Crippen molar-refractivity contribution >= 4 is 73.1 Å². The van der Waals surface area contributed by atoms with Crippen LogP contribution in [0.5, 0.6) is 0 Å². The molecule has 2 aliphatic carbocycles. The Morgan fingerprint density at radius 2 is 1.67 bits per heavy atom. The smallest absolute Gasteiger partial charge is 0.330 e. The normalized spacial score (nSPS) is 15.4. The zero-order chi connectivity index (χ0) is 16.4. The van der Waals surface area contributed by atoms with Crippen LogP contribution < -0.4 is 15.8 Å². The molecule has 2 aliphatic rings. The number of sulfonamides is 1. The Hall–Kier alpha value is 0.0364. The van der Waals surface area contributed by atoms with E-state index in [2.05, 4.69) is 16.1 Å². The summed E-state index contributed by atoms with van der Waals surface area (Å²) in [5, 5.41) is 2.81. The number of urea groups is 1. The Morgan fingerprint density at radius 1 is 1.08 bits per heavy atom. The first-order chi connectivity index (χ1) is 11.0. The van der Waals surface area contributed by atoms with Gasteiger partial charge < -0.3 is 11.1 Å². The molecule has 0 aliphatic heterocycles. The van der Waals surface area contributed by atoms with Gasteiger partial charge in [0.2, 0.25) is 10.0 Å². The molecule has 0 heterocycles. The third-order valence-corrected chi connectivity index (χ3v) is 5.90. The van der Waals surface area contributed by atoms with Gasteiger partial charge in [-0.15, -0.1) is 0 Å². The van der Waals surface area contributed by atoms with Crippen LogP contribution in [0.15, 0.2) is 6.07 Å². The molecule has 24 heavy (non-hydrogen) atoms. The van der Waals surface area contributed by atoms with Crippen LogP contribution in [0.4, 0.5) is 10.5 Å². The molecule has 127 valence electrons.